The monoisotopic (exact) mass is 290 g/mol. The molecule has 0 amide bonds. The van der Waals surface area contributed by atoms with Crippen LogP contribution in [0.4, 0.5) is 0 Å². The maximum Gasteiger partial charge on any atom is 0.176 e. The van der Waals surface area contributed by atoms with Gasteiger partial charge in [0.1, 0.15) is 5.92 Å². The Hall–Kier alpha value is -2.62. The molecule has 2 unspecified atom stereocenters. The number of carbonyl (C=O) groups excluding carboxylic acids is 2. The lowest BCUT2D eigenvalue weighted by Crippen LogP contribution is -2.27. The van der Waals surface area contributed by atoms with E-state index in [2.05, 4.69) is 10.2 Å². The Morgan fingerprint density at radius 3 is 2.00 bits per heavy atom. The fraction of sp³-hybridized carbons (Fsp3) is 0.222. The van der Waals surface area contributed by atoms with Crippen LogP contribution in [0.3, 0.4) is 0 Å². The highest BCUT2D eigenvalue weighted by Crippen LogP contribution is 2.38. The average molecular weight is 290 g/mol. The third-order valence-electron chi connectivity index (χ3n) is 4.41. The van der Waals surface area contributed by atoms with Crippen molar-refractivity contribution in [3.05, 3.63) is 71.3 Å². The first-order valence-corrected chi connectivity index (χ1v) is 7.38. The number of azo groups is 1. The second-order valence-electron chi connectivity index (χ2n) is 5.71. The predicted octanol–water partition coefficient (Wildman–Crippen LogP) is 3.65. The summed E-state index contributed by atoms with van der Waals surface area (Å²) in [4.78, 5) is 25.0. The van der Waals surface area contributed by atoms with E-state index in [0.717, 1.165) is 5.56 Å². The highest BCUT2D eigenvalue weighted by atomic mass is 16.2. The molecule has 0 N–H and O–H groups in total. The van der Waals surface area contributed by atoms with Crippen molar-refractivity contribution < 1.29 is 9.59 Å². The van der Waals surface area contributed by atoms with Crippen LogP contribution >= 0.6 is 0 Å². The zero-order chi connectivity index (χ0) is 15.1. The van der Waals surface area contributed by atoms with Crippen LogP contribution in [0.15, 0.2) is 64.8 Å². The molecule has 2 aromatic rings. The lowest BCUT2D eigenvalue weighted by atomic mass is 9.89. The first kappa shape index (κ1) is 13.1. The van der Waals surface area contributed by atoms with Crippen molar-refractivity contribution in [2.45, 2.75) is 18.5 Å². The Labute approximate surface area is 127 Å². The van der Waals surface area contributed by atoms with Crippen LogP contribution in [0.25, 0.3) is 0 Å². The molecule has 22 heavy (non-hydrogen) atoms. The fourth-order valence-electron chi connectivity index (χ4n) is 3.29. The molecule has 2 atom stereocenters. The van der Waals surface area contributed by atoms with Crippen LogP contribution in [0.2, 0.25) is 0 Å². The molecule has 2 aliphatic rings. The molecule has 108 valence electrons. The van der Waals surface area contributed by atoms with Gasteiger partial charge in [-0.25, -0.2) is 0 Å². The molecule has 1 aliphatic heterocycles. The third-order valence-corrected chi connectivity index (χ3v) is 4.41. The van der Waals surface area contributed by atoms with E-state index < -0.39 is 5.92 Å². The Kier molecular flexibility index (Phi) is 2.96. The van der Waals surface area contributed by atoms with Gasteiger partial charge in [-0.1, -0.05) is 54.6 Å². The molecule has 4 nitrogen and oxygen atoms in total. The van der Waals surface area contributed by atoms with Crippen LogP contribution in [0.1, 0.15) is 38.7 Å². The Morgan fingerprint density at radius 2 is 1.36 bits per heavy atom. The molecule has 0 saturated heterocycles. The molecule has 2 aromatic carbocycles. The molecule has 0 saturated carbocycles. The molecule has 4 heteroatoms. The molecule has 0 radical (unpaired) electrons. The number of carbonyl (C=O) groups is 2. The molecule has 4 rings (SSSR count). The van der Waals surface area contributed by atoms with Gasteiger partial charge in [0.2, 0.25) is 0 Å². The molecule has 1 heterocycles. The van der Waals surface area contributed by atoms with Crippen molar-refractivity contribution in [2.75, 3.05) is 0 Å². The first-order chi connectivity index (χ1) is 10.8. The van der Waals surface area contributed by atoms with Crippen molar-refractivity contribution in [2.24, 2.45) is 16.1 Å². The van der Waals surface area contributed by atoms with Gasteiger partial charge in [-0.2, -0.15) is 10.2 Å². The Balaban J connectivity index is 1.60. The topological polar surface area (TPSA) is 58.9 Å². The van der Waals surface area contributed by atoms with Gasteiger partial charge < -0.3 is 0 Å². The van der Waals surface area contributed by atoms with Crippen molar-refractivity contribution in [3.8, 4) is 0 Å². The van der Waals surface area contributed by atoms with Gasteiger partial charge in [0, 0.05) is 17.5 Å². The Bertz CT molecular complexity index is 748. The largest absolute Gasteiger partial charge is 0.293 e. The summed E-state index contributed by atoms with van der Waals surface area (Å²) in [6.07, 6.45) is 0.611. The average Bonchev–Trinajstić information content (AvgIpc) is 3.13. The van der Waals surface area contributed by atoms with E-state index in [1.54, 1.807) is 24.3 Å². The van der Waals surface area contributed by atoms with E-state index in [1.165, 1.54) is 0 Å². The summed E-state index contributed by atoms with van der Waals surface area (Å²) in [5.74, 6) is -0.925. The summed E-state index contributed by atoms with van der Waals surface area (Å²) in [6.45, 7) is 0. The summed E-state index contributed by atoms with van der Waals surface area (Å²) in [7, 11) is 0. The van der Waals surface area contributed by atoms with Gasteiger partial charge >= 0.3 is 0 Å². The highest BCUT2D eigenvalue weighted by molar-refractivity contribution is 6.26. The number of Topliss-reactive ketones (excluding diaryl/α,β-unsaturated/α-hetero) is 2. The van der Waals surface area contributed by atoms with E-state index in [-0.39, 0.29) is 23.7 Å². The lowest BCUT2D eigenvalue weighted by Gasteiger charge is -2.12. The standard InChI is InChI=1S/C18H14N2O2/c21-17-12-8-4-5-9-13(12)18(22)16(17)15-10-14(19-20-15)11-6-2-1-3-7-11/h1-9,14-16H,10H2. The van der Waals surface area contributed by atoms with E-state index in [4.69, 9.17) is 0 Å². The number of rotatable bonds is 2. The second-order valence-corrected chi connectivity index (χ2v) is 5.71. The summed E-state index contributed by atoms with van der Waals surface area (Å²) in [5.41, 5.74) is 2.12. The molecule has 0 bridgehead atoms. The smallest absolute Gasteiger partial charge is 0.176 e. The quantitative estimate of drug-likeness (QED) is 0.793. The number of fused-ring (bicyclic) bond motifs is 1. The lowest BCUT2D eigenvalue weighted by molar-refractivity contribution is 0.0817. The van der Waals surface area contributed by atoms with Crippen LogP contribution in [0, 0.1) is 5.92 Å². The molecular formula is C18H14N2O2. The second kappa shape index (κ2) is 4.98. The molecular weight excluding hydrogens is 276 g/mol. The molecule has 1 aliphatic carbocycles. The minimum atomic E-state index is -0.699. The van der Waals surface area contributed by atoms with Gasteiger partial charge in [-0.05, 0) is 5.56 Å². The van der Waals surface area contributed by atoms with E-state index in [1.807, 2.05) is 30.3 Å². The summed E-state index contributed by atoms with van der Waals surface area (Å²) < 4.78 is 0. The van der Waals surface area contributed by atoms with E-state index in [0.29, 0.717) is 17.5 Å². The number of ketones is 2. The Morgan fingerprint density at radius 1 is 0.773 bits per heavy atom. The zero-order valence-corrected chi connectivity index (χ0v) is 11.8. The van der Waals surface area contributed by atoms with E-state index >= 15 is 0 Å². The van der Waals surface area contributed by atoms with Crippen LogP contribution in [-0.2, 0) is 0 Å². The summed E-state index contributed by atoms with van der Waals surface area (Å²) >= 11 is 0. The fourth-order valence-corrected chi connectivity index (χ4v) is 3.29. The number of nitrogens with zero attached hydrogens (tertiary/aromatic N) is 2. The number of hydrogen-bond donors (Lipinski definition) is 0. The third kappa shape index (κ3) is 1.91. The van der Waals surface area contributed by atoms with Crippen molar-refractivity contribution >= 4 is 11.6 Å². The summed E-state index contributed by atoms with van der Waals surface area (Å²) in [6, 6.07) is 16.5. The van der Waals surface area contributed by atoms with Gasteiger partial charge in [-0.3, -0.25) is 9.59 Å². The van der Waals surface area contributed by atoms with Gasteiger partial charge in [0.25, 0.3) is 0 Å². The molecule has 0 spiro atoms. The van der Waals surface area contributed by atoms with Crippen LogP contribution in [-0.4, -0.2) is 17.6 Å². The zero-order valence-electron chi connectivity index (χ0n) is 11.8. The maximum atomic E-state index is 12.5. The van der Waals surface area contributed by atoms with Crippen LogP contribution in [0.5, 0.6) is 0 Å². The molecule has 0 fully saturated rings. The van der Waals surface area contributed by atoms with Crippen molar-refractivity contribution in [3.63, 3.8) is 0 Å². The summed E-state index contributed by atoms with van der Waals surface area (Å²) in [5, 5.41) is 8.53. The maximum absolute atomic E-state index is 12.5. The number of hydrogen-bond acceptors (Lipinski definition) is 4. The predicted molar refractivity (Wildman–Crippen MR) is 81.0 cm³/mol. The van der Waals surface area contributed by atoms with Gasteiger partial charge in [0.15, 0.2) is 11.6 Å². The minimum Gasteiger partial charge on any atom is -0.293 e. The minimum absolute atomic E-state index is 0.0597. The van der Waals surface area contributed by atoms with Crippen molar-refractivity contribution in [1.29, 1.82) is 0 Å². The SMILES string of the molecule is O=C1c2ccccc2C(=O)C1C1CC(c2ccccc2)N=N1. The first-order valence-electron chi connectivity index (χ1n) is 7.38. The van der Waals surface area contributed by atoms with Gasteiger partial charge in [0.05, 0.1) is 12.1 Å². The van der Waals surface area contributed by atoms with Crippen molar-refractivity contribution in [1.82, 2.24) is 0 Å². The van der Waals surface area contributed by atoms with E-state index in [9.17, 15) is 9.59 Å². The van der Waals surface area contributed by atoms with Gasteiger partial charge in [-0.15, -0.1) is 0 Å². The highest BCUT2D eigenvalue weighted by Gasteiger charge is 2.45. The number of benzene rings is 2. The normalized spacial score (nSPS) is 24.0. The molecule has 0 aromatic heterocycles. The van der Waals surface area contributed by atoms with Crippen LogP contribution < -0.4 is 0 Å².